The van der Waals surface area contributed by atoms with E-state index in [9.17, 15) is 0 Å². The zero-order chi connectivity index (χ0) is 19.9. The van der Waals surface area contributed by atoms with Crippen molar-refractivity contribution in [2.75, 3.05) is 37.6 Å². The predicted octanol–water partition coefficient (Wildman–Crippen LogP) is 2.87. The highest BCUT2D eigenvalue weighted by atomic mass is 35.5. The first-order valence-electron chi connectivity index (χ1n) is 8.88. The lowest BCUT2D eigenvalue weighted by atomic mass is 10.0. The highest BCUT2D eigenvalue weighted by Crippen LogP contribution is 2.30. The first-order chi connectivity index (χ1) is 13.7. The lowest BCUT2D eigenvalue weighted by molar-refractivity contribution is -0.122. The molecule has 1 saturated heterocycles. The largest absolute Gasteiger partial charge is 0.483 e. The Labute approximate surface area is 172 Å². The number of anilines is 1. The van der Waals surface area contributed by atoms with Gasteiger partial charge in [-0.05, 0) is 29.1 Å². The van der Waals surface area contributed by atoms with Gasteiger partial charge >= 0.3 is 0 Å². The minimum absolute atomic E-state index is 0.228. The molecule has 0 amide bonds. The smallest absolute Gasteiger partial charge is 0.290 e. The van der Waals surface area contributed by atoms with Crippen LogP contribution in [-0.2, 0) is 4.79 Å². The van der Waals surface area contributed by atoms with E-state index in [-0.39, 0.29) is 12.5 Å². The van der Waals surface area contributed by atoms with Gasteiger partial charge in [0.05, 0.1) is 10.2 Å². The van der Waals surface area contributed by atoms with Crippen molar-refractivity contribution in [2.24, 2.45) is 5.73 Å². The van der Waals surface area contributed by atoms with E-state index in [2.05, 4.69) is 37.3 Å². The lowest BCUT2D eigenvalue weighted by Gasteiger charge is -2.39. The van der Waals surface area contributed by atoms with E-state index >= 15 is 0 Å². The summed E-state index contributed by atoms with van der Waals surface area (Å²) < 4.78 is 1.17. The van der Waals surface area contributed by atoms with Crippen molar-refractivity contribution >= 4 is 45.4 Å². The molecule has 0 spiro atoms. The average Bonchev–Trinajstić information content (AvgIpc) is 3.20. The number of fused-ring (bicyclic) bond motifs is 1. The summed E-state index contributed by atoms with van der Waals surface area (Å²) >= 11 is 7.71. The Bertz CT molecular complexity index is 897. The summed E-state index contributed by atoms with van der Waals surface area (Å²) in [7, 11) is 0. The molecule has 3 heterocycles. The van der Waals surface area contributed by atoms with Crippen LogP contribution in [0.2, 0.25) is 5.02 Å². The summed E-state index contributed by atoms with van der Waals surface area (Å²) in [6.07, 6.45) is 1.66. The van der Waals surface area contributed by atoms with Crippen LogP contribution in [0.4, 0.5) is 5.82 Å². The summed E-state index contributed by atoms with van der Waals surface area (Å²) in [5.74, 6) is 1.05. The molecule has 1 aromatic carbocycles. The maximum Gasteiger partial charge on any atom is 0.290 e. The number of piperazine rings is 1. The Morgan fingerprint density at radius 1 is 1.18 bits per heavy atom. The maximum absolute atomic E-state index is 8.36. The Morgan fingerprint density at radius 2 is 1.86 bits per heavy atom. The fourth-order valence-electron chi connectivity index (χ4n) is 3.43. The quantitative estimate of drug-likeness (QED) is 0.627. The van der Waals surface area contributed by atoms with Gasteiger partial charge in [0.2, 0.25) is 0 Å². The minimum atomic E-state index is -0.250. The van der Waals surface area contributed by atoms with Gasteiger partial charge in [0.25, 0.3) is 6.47 Å². The Kier molecular flexibility index (Phi) is 7.16. The summed E-state index contributed by atoms with van der Waals surface area (Å²) in [6, 6.07) is 10.3. The normalized spacial score (nSPS) is 15.7. The van der Waals surface area contributed by atoms with Crippen LogP contribution < -0.4 is 10.6 Å². The van der Waals surface area contributed by atoms with Gasteiger partial charge in [0.15, 0.2) is 0 Å². The first kappa shape index (κ1) is 20.5. The zero-order valence-corrected chi connectivity index (χ0v) is 16.8. The van der Waals surface area contributed by atoms with Crippen molar-refractivity contribution in [1.29, 1.82) is 0 Å². The number of benzene rings is 1. The van der Waals surface area contributed by atoms with Gasteiger partial charge in [-0.25, -0.2) is 9.97 Å². The number of hydrogen-bond donors (Lipinski definition) is 2. The minimum Gasteiger partial charge on any atom is -0.483 e. The van der Waals surface area contributed by atoms with Gasteiger partial charge in [0, 0.05) is 43.8 Å². The van der Waals surface area contributed by atoms with E-state index in [0.29, 0.717) is 6.54 Å². The van der Waals surface area contributed by atoms with Crippen LogP contribution in [0.1, 0.15) is 11.6 Å². The molecule has 0 radical (unpaired) electrons. The second-order valence-corrected chi connectivity index (χ2v) is 7.62. The van der Waals surface area contributed by atoms with Gasteiger partial charge < -0.3 is 15.7 Å². The molecule has 4 rings (SSSR count). The van der Waals surface area contributed by atoms with Crippen molar-refractivity contribution in [3.63, 3.8) is 0 Å². The molecule has 9 heteroatoms. The molecule has 3 aromatic rings. The van der Waals surface area contributed by atoms with E-state index in [0.717, 1.165) is 42.5 Å². The van der Waals surface area contributed by atoms with Gasteiger partial charge in [-0.3, -0.25) is 9.69 Å². The third-order valence-corrected chi connectivity index (χ3v) is 5.91. The number of nitrogens with two attached hydrogens (primary N) is 1. The van der Waals surface area contributed by atoms with Gasteiger partial charge in [0.1, 0.15) is 12.1 Å². The Hall–Kier alpha value is -2.26. The van der Waals surface area contributed by atoms with Gasteiger partial charge in [-0.15, -0.1) is 11.3 Å². The number of nitrogens with zero attached hydrogens (tertiary/aromatic N) is 4. The maximum atomic E-state index is 8.36. The number of thiophene rings is 1. The number of aromatic nitrogens is 2. The van der Waals surface area contributed by atoms with Crippen LogP contribution in [0.3, 0.4) is 0 Å². The average molecular weight is 420 g/mol. The number of carboxylic acid groups (broad SMARTS) is 1. The van der Waals surface area contributed by atoms with Crippen molar-refractivity contribution in [3.8, 4) is 0 Å². The van der Waals surface area contributed by atoms with Crippen LogP contribution >= 0.6 is 22.9 Å². The molecule has 3 N–H and O–H groups in total. The SMILES string of the molecule is NCC(c1ccc(Cl)cc1)N1CCN(c2ncnc3ccsc23)CC1.O=CO. The first-order valence-corrected chi connectivity index (χ1v) is 10.1. The molecular formula is C19H22ClN5O2S. The number of rotatable bonds is 4. The van der Waals surface area contributed by atoms with Crippen LogP contribution in [0.25, 0.3) is 10.2 Å². The number of carbonyl (C=O) groups is 1. The monoisotopic (exact) mass is 419 g/mol. The fourth-order valence-corrected chi connectivity index (χ4v) is 4.42. The predicted molar refractivity (Wildman–Crippen MR) is 113 cm³/mol. The zero-order valence-electron chi connectivity index (χ0n) is 15.2. The summed E-state index contributed by atoms with van der Waals surface area (Å²) in [5.41, 5.74) is 8.32. The van der Waals surface area contributed by atoms with Crippen molar-refractivity contribution in [1.82, 2.24) is 14.9 Å². The van der Waals surface area contributed by atoms with Crippen molar-refractivity contribution in [2.45, 2.75) is 6.04 Å². The van der Waals surface area contributed by atoms with Crippen LogP contribution in [0.15, 0.2) is 42.0 Å². The Morgan fingerprint density at radius 3 is 2.50 bits per heavy atom. The molecule has 1 aliphatic heterocycles. The van der Waals surface area contributed by atoms with Crippen LogP contribution in [0.5, 0.6) is 0 Å². The van der Waals surface area contributed by atoms with E-state index < -0.39 is 0 Å². The van der Waals surface area contributed by atoms with Crippen molar-refractivity contribution < 1.29 is 9.90 Å². The van der Waals surface area contributed by atoms with E-state index in [1.54, 1.807) is 17.7 Å². The number of hydrogen-bond acceptors (Lipinski definition) is 7. The van der Waals surface area contributed by atoms with E-state index in [4.69, 9.17) is 27.2 Å². The van der Waals surface area contributed by atoms with E-state index in [1.807, 2.05) is 18.2 Å². The molecule has 1 atom stereocenters. The third-order valence-electron chi connectivity index (χ3n) is 4.76. The molecular weight excluding hydrogens is 398 g/mol. The molecule has 1 aliphatic rings. The summed E-state index contributed by atoms with van der Waals surface area (Å²) in [5, 5.41) is 9.72. The molecule has 0 saturated carbocycles. The second-order valence-electron chi connectivity index (χ2n) is 6.26. The highest BCUT2D eigenvalue weighted by Gasteiger charge is 2.25. The molecule has 0 bridgehead atoms. The molecule has 148 valence electrons. The van der Waals surface area contributed by atoms with Crippen LogP contribution in [-0.4, -0.2) is 59.2 Å². The fraction of sp³-hybridized carbons (Fsp3) is 0.316. The highest BCUT2D eigenvalue weighted by molar-refractivity contribution is 7.17. The summed E-state index contributed by atoms with van der Waals surface area (Å²) in [4.78, 5) is 22.0. The Balaban J connectivity index is 0.000000706. The molecule has 28 heavy (non-hydrogen) atoms. The molecule has 7 nitrogen and oxygen atoms in total. The van der Waals surface area contributed by atoms with Gasteiger partial charge in [-0.1, -0.05) is 23.7 Å². The topological polar surface area (TPSA) is 95.6 Å². The second kappa shape index (κ2) is 9.79. The van der Waals surface area contributed by atoms with Crippen molar-refractivity contribution in [3.05, 3.63) is 52.6 Å². The van der Waals surface area contributed by atoms with Gasteiger partial charge in [-0.2, -0.15) is 0 Å². The third kappa shape index (κ3) is 4.59. The standard InChI is InChI=1S/C18H20ClN5S.CH2O2/c19-14-3-1-13(2-4-14)16(11-20)23-6-8-24(9-7-23)18-17-15(5-10-25-17)21-12-22-18;2-1-3/h1-5,10,12,16H,6-9,11,20H2;1H,(H,2,3). The molecule has 0 aliphatic carbocycles. The number of halogens is 1. The molecule has 1 unspecified atom stereocenters. The summed E-state index contributed by atoms with van der Waals surface area (Å²) in [6.45, 7) is 4.15. The molecule has 1 fully saturated rings. The molecule has 2 aromatic heterocycles. The van der Waals surface area contributed by atoms with Crippen LogP contribution in [0, 0.1) is 0 Å². The van der Waals surface area contributed by atoms with E-state index in [1.165, 1.54) is 10.3 Å². The lowest BCUT2D eigenvalue weighted by Crippen LogP contribution is -2.49.